The summed E-state index contributed by atoms with van der Waals surface area (Å²) >= 11 is 0. The third kappa shape index (κ3) is 3.45. The van der Waals surface area contributed by atoms with Gasteiger partial charge in [0.15, 0.2) is 11.6 Å². The number of hydrogen-bond donors (Lipinski definition) is 1. The molecule has 1 saturated heterocycles. The van der Waals surface area contributed by atoms with Gasteiger partial charge in [-0.3, -0.25) is 4.79 Å². The van der Waals surface area contributed by atoms with Gasteiger partial charge < -0.3 is 15.0 Å². The lowest BCUT2D eigenvalue weighted by Crippen LogP contribution is -2.50. The molecule has 0 saturated carbocycles. The van der Waals surface area contributed by atoms with Crippen molar-refractivity contribution < 1.29 is 13.9 Å². The zero-order valence-corrected chi connectivity index (χ0v) is 11.8. The van der Waals surface area contributed by atoms with Gasteiger partial charge in [-0.05, 0) is 18.1 Å². The number of aromatic nitrogens is 1. The maximum atomic E-state index is 13.6. The Morgan fingerprint density at radius 3 is 2.75 bits per heavy atom. The van der Waals surface area contributed by atoms with Crippen LogP contribution in [0.25, 0.3) is 0 Å². The first-order valence-corrected chi connectivity index (χ1v) is 6.83. The molecule has 1 aliphatic heterocycles. The van der Waals surface area contributed by atoms with E-state index < -0.39 is 11.9 Å². The Hall–Kier alpha value is -1.69. The van der Waals surface area contributed by atoms with E-state index in [1.165, 1.54) is 18.3 Å². The second-order valence-electron chi connectivity index (χ2n) is 5.14. The van der Waals surface area contributed by atoms with E-state index >= 15 is 0 Å². The molecule has 6 heteroatoms. The van der Waals surface area contributed by atoms with Crippen molar-refractivity contribution in [3.05, 3.63) is 24.1 Å². The molecule has 0 aromatic carbocycles. The number of anilines is 1. The van der Waals surface area contributed by atoms with Gasteiger partial charge in [-0.15, -0.1) is 0 Å². The lowest BCUT2D eigenvalue weighted by molar-refractivity contribution is -0.137. The SMILES string of the molecule is CC(C)[C@@H](Nc1ncccc1F)C(=O)N1CCOCC1. The Balaban J connectivity index is 2.10. The monoisotopic (exact) mass is 281 g/mol. The standard InChI is InChI=1S/C14H20FN3O2/c1-10(2)12(14(19)18-6-8-20-9-7-18)17-13-11(15)4-3-5-16-13/h3-5,10,12H,6-9H2,1-2H3,(H,16,17)/t12-/m1/s1. The number of ether oxygens (including phenoxy) is 1. The van der Waals surface area contributed by atoms with Gasteiger partial charge >= 0.3 is 0 Å². The summed E-state index contributed by atoms with van der Waals surface area (Å²) in [5.41, 5.74) is 0. The largest absolute Gasteiger partial charge is 0.378 e. The van der Waals surface area contributed by atoms with Gasteiger partial charge in [0.05, 0.1) is 13.2 Å². The van der Waals surface area contributed by atoms with Gasteiger partial charge in [-0.2, -0.15) is 0 Å². The van der Waals surface area contributed by atoms with E-state index in [4.69, 9.17) is 4.74 Å². The van der Waals surface area contributed by atoms with Crippen molar-refractivity contribution in [2.45, 2.75) is 19.9 Å². The highest BCUT2D eigenvalue weighted by Crippen LogP contribution is 2.16. The quantitative estimate of drug-likeness (QED) is 0.909. The zero-order chi connectivity index (χ0) is 14.5. The lowest BCUT2D eigenvalue weighted by Gasteiger charge is -2.32. The summed E-state index contributed by atoms with van der Waals surface area (Å²) in [6.07, 6.45) is 1.50. The molecule has 20 heavy (non-hydrogen) atoms. The number of rotatable bonds is 4. The van der Waals surface area contributed by atoms with Crippen LogP contribution in [0.4, 0.5) is 10.2 Å². The van der Waals surface area contributed by atoms with Crippen LogP contribution in [-0.4, -0.2) is 48.1 Å². The number of nitrogens with one attached hydrogen (secondary N) is 1. The summed E-state index contributed by atoms with van der Waals surface area (Å²) in [6.45, 7) is 6.11. The molecule has 1 aromatic heterocycles. The number of hydrogen-bond acceptors (Lipinski definition) is 4. The number of carbonyl (C=O) groups is 1. The number of nitrogens with zero attached hydrogens (tertiary/aromatic N) is 2. The minimum absolute atomic E-state index is 0.0339. The fraction of sp³-hybridized carbons (Fsp3) is 0.571. The fourth-order valence-corrected chi connectivity index (χ4v) is 2.13. The van der Waals surface area contributed by atoms with Crippen LogP contribution in [0.2, 0.25) is 0 Å². The van der Waals surface area contributed by atoms with E-state index in [9.17, 15) is 9.18 Å². The highest BCUT2D eigenvalue weighted by atomic mass is 19.1. The summed E-state index contributed by atoms with van der Waals surface area (Å²) in [5, 5.41) is 2.93. The normalized spacial score (nSPS) is 17.1. The van der Waals surface area contributed by atoms with Crippen molar-refractivity contribution in [3.8, 4) is 0 Å². The van der Waals surface area contributed by atoms with Crippen LogP contribution in [0.1, 0.15) is 13.8 Å². The maximum absolute atomic E-state index is 13.6. The molecular formula is C14H20FN3O2. The van der Waals surface area contributed by atoms with Crippen LogP contribution in [0.15, 0.2) is 18.3 Å². The molecule has 2 rings (SSSR count). The molecule has 0 unspecified atom stereocenters. The molecule has 0 aliphatic carbocycles. The van der Waals surface area contributed by atoms with Crippen LogP contribution in [0, 0.1) is 11.7 Å². The molecule has 0 radical (unpaired) electrons. The van der Waals surface area contributed by atoms with Crippen molar-refractivity contribution in [1.29, 1.82) is 0 Å². The molecule has 1 atom stereocenters. The van der Waals surface area contributed by atoms with Crippen molar-refractivity contribution in [2.24, 2.45) is 5.92 Å². The minimum atomic E-state index is -0.488. The fourth-order valence-electron chi connectivity index (χ4n) is 2.13. The van der Waals surface area contributed by atoms with Crippen LogP contribution in [0.3, 0.4) is 0 Å². The van der Waals surface area contributed by atoms with Gasteiger partial charge in [0.1, 0.15) is 6.04 Å². The molecule has 5 nitrogen and oxygen atoms in total. The van der Waals surface area contributed by atoms with E-state index in [2.05, 4.69) is 10.3 Å². The molecule has 1 aliphatic rings. The van der Waals surface area contributed by atoms with Gasteiger partial charge in [0.2, 0.25) is 5.91 Å². The Labute approximate surface area is 118 Å². The van der Waals surface area contributed by atoms with Gasteiger partial charge in [-0.25, -0.2) is 9.37 Å². The van der Waals surface area contributed by atoms with Crippen molar-refractivity contribution >= 4 is 11.7 Å². The average molecular weight is 281 g/mol. The summed E-state index contributed by atoms with van der Waals surface area (Å²) in [7, 11) is 0. The van der Waals surface area contributed by atoms with E-state index in [0.717, 1.165) is 0 Å². The maximum Gasteiger partial charge on any atom is 0.245 e. The second kappa shape index (κ2) is 6.65. The topological polar surface area (TPSA) is 54.5 Å². The Bertz CT molecular complexity index is 461. The van der Waals surface area contributed by atoms with Gasteiger partial charge in [0.25, 0.3) is 0 Å². The van der Waals surface area contributed by atoms with Gasteiger partial charge in [0, 0.05) is 19.3 Å². The highest BCUT2D eigenvalue weighted by Gasteiger charge is 2.29. The van der Waals surface area contributed by atoms with Crippen LogP contribution >= 0.6 is 0 Å². The molecule has 0 spiro atoms. The number of amides is 1. The summed E-state index contributed by atoms with van der Waals surface area (Å²) in [6, 6.07) is 2.36. The molecule has 1 amide bonds. The number of pyridine rings is 1. The van der Waals surface area contributed by atoms with E-state index in [1.807, 2.05) is 13.8 Å². The first-order chi connectivity index (χ1) is 9.59. The molecular weight excluding hydrogens is 261 g/mol. The molecule has 1 fully saturated rings. The lowest BCUT2D eigenvalue weighted by atomic mass is 10.0. The number of carbonyl (C=O) groups excluding carboxylic acids is 1. The molecule has 110 valence electrons. The van der Waals surface area contributed by atoms with E-state index in [1.54, 1.807) is 4.90 Å². The third-order valence-corrected chi connectivity index (χ3v) is 3.31. The first-order valence-electron chi connectivity index (χ1n) is 6.83. The van der Waals surface area contributed by atoms with Crippen molar-refractivity contribution in [2.75, 3.05) is 31.6 Å². The summed E-state index contributed by atoms with van der Waals surface area (Å²) in [5.74, 6) is -0.333. The van der Waals surface area contributed by atoms with Crippen LogP contribution in [-0.2, 0) is 9.53 Å². The zero-order valence-electron chi connectivity index (χ0n) is 11.8. The van der Waals surface area contributed by atoms with Crippen LogP contribution < -0.4 is 5.32 Å². The minimum Gasteiger partial charge on any atom is -0.378 e. The molecule has 2 heterocycles. The molecule has 1 aromatic rings. The number of halogens is 1. The van der Waals surface area contributed by atoms with Crippen molar-refractivity contribution in [3.63, 3.8) is 0 Å². The van der Waals surface area contributed by atoms with Crippen molar-refractivity contribution in [1.82, 2.24) is 9.88 Å². The van der Waals surface area contributed by atoms with Gasteiger partial charge in [-0.1, -0.05) is 13.8 Å². The van der Waals surface area contributed by atoms with Crippen LogP contribution in [0.5, 0.6) is 0 Å². The smallest absolute Gasteiger partial charge is 0.245 e. The Kier molecular flexibility index (Phi) is 4.89. The second-order valence-corrected chi connectivity index (χ2v) is 5.14. The Morgan fingerprint density at radius 2 is 2.15 bits per heavy atom. The summed E-state index contributed by atoms with van der Waals surface area (Å²) < 4.78 is 18.9. The molecule has 1 N–H and O–H groups in total. The average Bonchev–Trinajstić information content (AvgIpc) is 2.46. The highest BCUT2D eigenvalue weighted by molar-refractivity contribution is 5.84. The summed E-state index contributed by atoms with van der Waals surface area (Å²) in [4.78, 5) is 18.2. The number of morpholine rings is 1. The molecule has 0 bridgehead atoms. The first kappa shape index (κ1) is 14.7. The predicted molar refractivity (Wildman–Crippen MR) is 73.8 cm³/mol. The van der Waals surface area contributed by atoms with E-state index in [-0.39, 0.29) is 17.6 Å². The Morgan fingerprint density at radius 1 is 1.45 bits per heavy atom. The predicted octanol–water partition coefficient (Wildman–Crippen LogP) is 1.52. The van der Waals surface area contributed by atoms with E-state index in [0.29, 0.717) is 26.3 Å². The third-order valence-electron chi connectivity index (χ3n) is 3.31.